The van der Waals surface area contributed by atoms with Crippen molar-refractivity contribution in [2.45, 2.75) is 32.2 Å². The Morgan fingerprint density at radius 2 is 2.22 bits per heavy atom. The lowest BCUT2D eigenvalue weighted by Gasteiger charge is -2.26. The summed E-state index contributed by atoms with van der Waals surface area (Å²) in [6.07, 6.45) is 5.18. The molecule has 1 aromatic heterocycles. The summed E-state index contributed by atoms with van der Waals surface area (Å²) in [5, 5.41) is 2.91. The van der Waals surface area contributed by atoms with Gasteiger partial charge in [0.15, 0.2) is 0 Å². The highest BCUT2D eigenvalue weighted by molar-refractivity contribution is 5.92. The molecule has 1 heterocycles. The van der Waals surface area contributed by atoms with Crippen molar-refractivity contribution in [1.29, 1.82) is 0 Å². The fourth-order valence-electron chi connectivity index (χ4n) is 3.54. The number of pyridine rings is 1. The van der Waals surface area contributed by atoms with Crippen LogP contribution in [0.1, 0.15) is 24.8 Å². The number of carbonyl (C=O) groups is 1. The second kappa shape index (κ2) is 4.35. The number of rotatable bonds is 2. The monoisotopic (exact) mass is 245 g/mol. The molecule has 18 heavy (non-hydrogen) atoms. The van der Waals surface area contributed by atoms with Crippen molar-refractivity contribution in [3.8, 4) is 0 Å². The van der Waals surface area contributed by atoms with Gasteiger partial charge in [0.25, 0.3) is 0 Å². The number of aryl methyl sites for hydroxylation is 1. The molecule has 1 amide bonds. The van der Waals surface area contributed by atoms with E-state index in [0.29, 0.717) is 17.7 Å². The number of fused-ring (bicyclic) bond motifs is 2. The lowest BCUT2D eigenvalue weighted by molar-refractivity contribution is -0.121. The third-order valence-corrected chi connectivity index (χ3v) is 4.45. The Bertz CT molecular complexity index is 472. The molecule has 2 fully saturated rings. The summed E-state index contributed by atoms with van der Waals surface area (Å²) >= 11 is 0. The zero-order valence-corrected chi connectivity index (χ0v) is 10.6. The predicted octanol–water partition coefficient (Wildman–Crippen LogP) is 1.70. The summed E-state index contributed by atoms with van der Waals surface area (Å²) in [7, 11) is 0. The molecule has 0 aliphatic heterocycles. The van der Waals surface area contributed by atoms with Gasteiger partial charge in [0, 0.05) is 12.2 Å². The Morgan fingerprint density at radius 3 is 2.89 bits per heavy atom. The number of aromatic nitrogens is 1. The topological polar surface area (TPSA) is 68.0 Å². The molecule has 0 saturated heterocycles. The van der Waals surface area contributed by atoms with E-state index in [4.69, 9.17) is 5.73 Å². The minimum absolute atomic E-state index is 0.0222. The first-order valence-corrected chi connectivity index (χ1v) is 6.64. The first-order chi connectivity index (χ1) is 8.65. The van der Waals surface area contributed by atoms with E-state index in [1.54, 1.807) is 6.20 Å². The maximum atomic E-state index is 12.3. The van der Waals surface area contributed by atoms with Crippen molar-refractivity contribution < 1.29 is 4.79 Å². The van der Waals surface area contributed by atoms with Crippen LogP contribution in [0.4, 0.5) is 5.82 Å². The molecule has 3 rings (SSSR count). The van der Waals surface area contributed by atoms with Crippen LogP contribution in [-0.4, -0.2) is 16.9 Å². The van der Waals surface area contributed by atoms with E-state index in [0.717, 1.165) is 18.4 Å². The van der Waals surface area contributed by atoms with Crippen LogP contribution in [0, 0.1) is 24.7 Å². The van der Waals surface area contributed by atoms with Crippen LogP contribution in [0.5, 0.6) is 0 Å². The third kappa shape index (κ3) is 1.90. The van der Waals surface area contributed by atoms with Gasteiger partial charge in [-0.2, -0.15) is 0 Å². The van der Waals surface area contributed by atoms with Gasteiger partial charge in [-0.25, -0.2) is 4.98 Å². The fraction of sp³-hybridized carbons (Fsp3) is 0.571. The summed E-state index contributed by atoms with van der Waals surface area (Å²) in [6, 6.07) is 3.84. The lowest BCUT2D eigenvalue weighted by Crippen LogP contribution is -2.42. The smallest absolute Gasteiger partial charge is 0.230 e. The Balaban J connectivity index is 1.72. The highest BCUT2D eigenvalue weighted by atomic mass is 16.2. The summed E-state index contributed by atoms with van der Waals surface area (Å²) in [6.45, 7) is 1.99. The van der Waals surface area contributed by atoms with Crippen molar-refractivity contribution in [2.24, 2.45) is 23.5 Å². The zero-order valence-electron chi connectivity index (χ0n) is 10.6. The SMILES string of the molecule is Cc1ccnc(NC(=O)C2C3CCC(C3)C2N)c1. The van der Waals surface area contributed by atoms with Crippen LogP contribution in [0.25, 0.3) is 0 Å². The second-order valence-electron chi connectivity index (χ2n) is 5.64. The molecule has 2 aliphatic rings. The number of nitrogens with one attached hydrogen (secondary N) is 1. The highest BCUT2D eigenvalue weighted by Gasteiger charge is 2.49. The largest absolute Gasteiger partial charge is 0.327 e. The van der Waals surface area contributed by atoms with E-state index in [-0.39, 0.29) is 17.9 Å². The van der Waals surface area contributed by atoms with Crippen molar-refractivity contribution >= 4 is 11.7 Å². The molecule has 0 spiro atoms. The summed E-state index contributed by atoms with van der Waals surface area (Å²) in [5.41, 5.74) is 7.26. The molecular weight excluding hydrogens is 226 g/mol. The van der Waals surface area contributed by atoms with Gasteiger partial charge in [-0.15, -0.1) is 0 Å². The standard InChI is InChI=1S/C14H19N3O/c1-8-4-5-16-11(6-8)17-14(18)12-9-2-3-10(7-9)13(12)15/h4-6,9-10,12-13H,2-3,7,15H2,1H3,(H,16,17,18). The Morgan fingerprint density at radius 1 is 1.44 bits per heavy atom. The zero-order chi connectivity index (χ0) is 12.7. The van der Waals surface area contributed by atoms with Gasteiger partial charge in [0.2, 0.25) is 5.91 Å². The van der Waals surface area contributed by atoms with E-state index >= 15 is 0 Å². The van der Waals surface area contributed by atoms with Crippen molar-refractivity contribution in [3.63, 3.8) is 0 Å². The number of hydrogen-bond donors (Lipinski definition) is 2. The Labute approximate surface area is 107 Å². The first-order valence-electron chi connectivity index (χ1n) is 6.64. The number of nitrogens with zero attached hydrogens (tertiary/aromatic N) is 1. The van der Waals surface area contributed by atoms with Crippen LogP contribution in [0.3, 0.4) is 0 Å². The van der Waals surface area contributed by atoms with Gasteiger partial charge in [-0.05, 0) is 55.7 Å². The second-order valence-corrected chi connectivity index (χ2v) is 5.64. The number of amides is 1. The number of nitrogens with two attached hydrogens (primary N) is 1. The molecular formula is C14H19N3O. The first kappa shape index (κ1) is 11.7. The average molecular weight is 245 g/mol. The minimum Gasteiger partial charge on any atom is -0.327 e. The summed E-state index contributed by atoms with van der Waals surface area (Å²) < 4.78 is 0. The van der Waals surface area contributed by atoms with Crippen LogP contribution >= 0.6 is 0 Å². The van der Waals surface area contributed by atoms with E-state index in [9.17, 15) is 4.79 Å². The van der Waals surface area contributed by atoms with Crippen LogP contribution in [0.2, 0.25) is 0 Å². The van der Waals surface area contributed by atoms with Gasteiger partial charge in [-0.1, -0.05) is 0 Å². The maximum Gasteiger partial charge on any atom is 0.230 e. The maximum absolute atomic E-state index is 12.3. The van der Waals surface area contributed by atoms with Crippen LogP contribution in [-0.2, 0) is 4.79 Å². The minimum atomic E-state index is -0.0222. The van der Waals surface area contributed by atoms with Crippen molar-refractivity contribution in [1.82, 2.24) is 4.98 Å². The summed E-state index contributed by atoms with van der Waals surface area (Å²) in [4.78, 5) is 16.5. The van der Waals surface area contributed by atoms with E-state index in [1.807, 2.05) is 19.1 Å². The van der Waals surface area contributed by atoms with Gasteiger partial charge in [-0.3, -0.25) is 4.79 Å². The molecule has 0 aromatic carbocycles. The Hall–Kier alpha value is -1.42. The normalized spacial score (nSPS) is 33.7. The van der Waals surface area contributed by atoms with Crippen molar-refractivity contribution in [3.05, 3.63) is 23.9 Å². The third-order valence-electron chi connectivity index (χ3n) is 4.45. The number of anilines is 1. The van der Waals surface area contributed by atoms with Gasteiger partial charge >= 0.3 is 0 Å². The molecule has 1 aromatic rings. The molecule has 3 N–H and O–H groups in total. The van der Waals surface area contributed by atoms with Gasteiger partial charge < -0.3 is 11.1 Å². The van der Waals surface area contributed by atoms with E-state index in [1.165, 1.54) is 6.42 Å². The molecule has 2 bridgehead atoms. The molecule has 0 radical (unpaired) electrons. The Kier molecular flexibility index (Phi) is 2.82. The number of hydrogen-bond acceptors (Lipinski definition) is 3. The van der Waals surface area contributed by atoms with E-state index < -0.39 is 0 Å². The summed E-state index contributed by atoms with van der Waals surface area (Å²) in [5.74, 6) is 1.69. The van der Waals surface area contributed by atoms with Crippen molar-refractivity contribution in [2.75, 3.05) is 5.32 Å². The molecule has 2 saturated carbocycles. The molecule has 2 aliphatic carbocycles. The van der Waals surface area contributed by atoms with Gasteiger partial charge in [0.1, 0.15) is 5.82 Å². The molecule has 4 unspecified atom stereocenters. The lowest BCUT2D eigenvalue weighted by atomic mass is 9.84. The molecule has 4 heteroatoms. The van der Waals surface area contributed by atoms with E-state index in [2.05, 4.69) is 10.3 Å². The van der Waals surface area contributed by atoms with Crippen LogP contribution < -0.4 is 11.1 Å². The average Bonchev–Trinajstić information content (AvgIpc) is 2.89. The fourth-order valence-corrected chi connectivity index (χ4v) is 3.54. The van der Waals surface area contributed by atoms with Gasteiger partial charge in [0.05, 0.1) is 5.92 Å². The quantitative estimate of drug-likeness (QED) is 0.833. The predicted molar refractivity (Wildman–Crippen MR) is 69.9 cm³/mol. The highest BCUT2D eigenvalue weighted by Crippen LogP contribution is 2.47. The van der Waals surface area contributed by atoms with Crippen LogP contribution in [0.15, 0.2) is 18.3 Å². The number of carbonyl (C=O) groups excluding carboxylic acids is 1. The molecule has 4 atom stereocenters. The molecule has 96 valence electrons. The molecule has 4 nitrogen and oxygen atoms in total.